The van der Waals surface area contributed by atoms with Crippen molar-refractivity contribution >= 4 is 8.32 Å². The van der Waals surface area contributed by atoms with E-state index in [1.54, 1.807) is 0 Å². The first-order chi connectivity index (χ1) is 10.7. The van der Waals surface area contributed by atoms with E-state index < -0.39 is 8.32 Å². The Kier molecular flexibility index (Phi) is 5.20. The fourth-order valence-corrected chi connectivity index (χ4v) is 3.08. The lowest BCUT2D eigenvalue weighted by Gasteiger charge is -2.37. The molecule has 2 aromatic rings. The summed E-state index contributed by atoms with van der Waals surface area (Å²) in [4.78, 5) is 0. The molecule has 0 unspecified atom stereocenters. The molecular formula is C20H28O2Si. The van der Waals surface area contributed by atoms with Gasteiger partial charge >= 0.3 is 0 Å². The van der Waals surface area contributed by atoms with Gasteiger partial charge in [0.1, 0.15) is 18.1 Å². The largest absolute Gasteiger partial charge is 0.543 e. The quantitative estimate of drug-likeness (QED) is 0.631. The summed E-state index contributed by atoms with van der Waals surface area (Å²) < 4.78 is 12.3. The van der Waals surface area contributed by atoms with Crippen molar-refractivity contribution < 1.29 is 9.16 Å². The molecule has 0 fully saturated rings. The van der Waals surface area contributed by atoms with Gasteiger partial charge in [-0.15, -0.1) is 0 Å². The SMILES string of the molecule is Cc1cc(OCc2ccccc2)ccc1O[Si](C)(C)C(C)(C)C. The summed E-state index contributed by atoms with van der Waals surface area (Å²) in [5.74, 6) is 1.86. The number of rotatable bonds is 5. The van der Waals surface area contributed by atoms with E-state index in [1.807, 2.05) is 30.3 Å². The third kappa shape index (κ3) is 4.61. The number of hydrogen-bond donors (Lipinski definition) is 0. The van der Waals surface area contributed by atoms with Crippen LogP contribution < -0.4 is 9.16 Å². The lowest BCUT2D eigenvalue weighted by atomic mass is 10.2. The van der Waals surface area contributed by atoms with E-state index in [1.165, 1.54) is 5.56 Å². The molecule has 124 valence electrons. The van der Waals surface area contributed by atoms with Crippen molar-refractivity contribution in [1.82, 2.24) is 0 Å². The standard InChI is InChI=1S/C20H28O2Si/c1-16-14-18(21-15-17-10-8-7-9-11-17)12-13-19(16)22-23(5,6)20(2,3)4/h7-14H,15H2,1-6H3. The van der Waals surface area contributed by atoms with Crippen LogP contribution in [0.1, 0.15) is 31.9 Å². The van der Waals surface area contributed by atoms with Gasteiger partial charge in [-0.2, -0.15) is 0 Å². The Morgan fingerprint density at radius 1 is 0.957 bits per heavy atom. The first-order valence-corrected chi connectivity index (χ1v) is 11.1. The molecule has 0 spiro atoms. The van der Waals surface area contributed by atoms with E-state index in [0.29, 0.717) is 6.61 Å². The van der Waals surface area contributed by atoms with Crippen LogP contribution in [-0.4, -0.2) is 8.32 Å². The summed E-state index contributed by atoms with van der Waals surface area (Å²) in [5.41, 5.74) is 2.30. The van der Waals surface area contributed by atoms with Gasteiger partial charge in [0.05, 0.1) is 0 Å². The van der Waals surface area contributed by atoms with Crippen LogP contribution in [0.4, 0.5) is 0 Å². The average Bonchev–Trinajstić information content (AvgIpc) is 2.47. The predicted octanol–water partition coefficient (Wildman–Crippen LogP) is 5.96. The molecule has 2 nitrogen and oxygen atoms in total. The molecule has 0 amide bonds. The van der Waals surface area contributed by atoms with Crippen LogP contribution in [0.15, 0.2) is 48.5 Å². The van der Waals surface area contributed by atoms with E-state index in [4.69, 9.17) is 9.16 Å². The second kappa shape index (κ2) is 6.79. The zero-order valence-electron chi connectivity index (χ0n) is 15.1. The van der Waals surface area contributed by atoms with Crippen molar-refractivity contribution in [1.29, 1.82) is 0 Å². The monoisotopic (exact) mass is 328 g/mol. The normalized spacial score (nSPS) is 12.1. The molecule has 0 N–H and O–H groups in total. The molecule has 0 aliphatic carbocycles. The van der Waals surface area contributed by atoms with Crippen molar-refractivity contribution in [2.75, 3.05) is 0 Å². The molecule has 0 saturated carbocycles. The third-order valence-electron chi connectivity index (χ3n) is 4.57. The maximum Gasteiger partial charge on any atom is 0.250 e. The van der Waals surface area contributed by atoms with Crippen molar-refractivity contribution in [2.24, 2.45) is 0 Å². The van der Waals surface area contributed by atoms with E-state index in [0.717, 1.165) is 17.1 Å². The minimum Gasteiger partial charge on any atom is -0.543 e. The van der Waals surface area contributed by atoms with Gasteiger partial charge in [0.2, 0.25) is 8.32 Å². The zero-order valence-corrected chi connectivity index (χ0v) is 16.1. The molecule has 0 radical (unpaired) electrons. The summed E-state index contributed by atoms with van der Waals surface area (Å²) in [6, 6.07) is 16.3. The van der Waals surface area contributed by atoms with Crippen LogP contribution in [0.2, 0.25) is 18.1 Å². The summed E-state index contributed by atoms with van der Waals surface area (Å²) >= 11 is 0. The molecule has 3 heteroatoms. The Morgan fingerprint density at radius 3 is 2.17 bits per heavy atom. The molecule has 2 aromatic carbocycles. The number of ether oxygens (including phenoxy) is 1. The molecule has 23 heavy (non-hydrogen) atoms. The first-order valence-electron chi connectivity index (χ1n) is 8.15. The number of aryl methyl sites for hydroxylation is 1. The molecule has 0 aromatic heterocycles. The van der Waals surface area contributed by atoms with Gasteiger partial charge in [0.15, 0.2) is 0 Å². The molecule has 0 aliphatic rings. The second-order valence-corrected chi connectivity index (χ2v) is 12.3. The maximum absolute atomic E-state index is 6.40. The van der Waals surface area contributed by atoms with E-state index in [-0.39, 0.29) is 5.04 Å². The van der Waals surface area contributed by atoms with Gasteiger partial charge in [-0.3, -0.25) is 0 Å². The van der Waals surface area contributed by atoms with Crippen LogP contribution in [0.3, 0.4) is 0 Å². The fourth-order valence-electron chi connectivity index (χ4n) is 2.00. The summed E-state index contributed by atoms with van der Waals surface area (Å²) in [6.07, 6.45) is 0. The highest BCUT2D eigenvalue weighted by atomic mass is 28.4. The molecule has 0 atom stereocenters. The minimum absolute atomic E-state index is 0.196. The lowest BCUT2D eigenvalue weighted by molar-refractivity contribution is 0.305. The summed E-state index contributed by atoms with van der Waals surface area (Å²) in [6.45, 7) is 14.0. The van der Waals surface area contributed by atoms with Crippen molar-refractivity contribution in [3.63, 3.8) is 0 Å². The van der Waals surface area contributed by atoms with E-state index in [2.05, 4.69) is 59.0 Å². The van der Waals surface area contributed by atoms with Crippen molar-refractivity contribution in [3.05, 3.63) is 59.7 Å². The smallest absolute Gasteiger partial charge is 0.250 e. The van der Waals surface area contributed by atoms with Crippen molar-refractivity contribution in [2.45, 2.75) is 52.4 Å². The number of benzene rings is 2. The Labute approximate surface area is 141 Å². The predicted molar refractivity (Wildman–Crippen MR) is 99.8 cm³/mol. The highest BCUT2D eigenvalue weighted by Crippen LogP contribution is 2.38. The van der Waals surface area contributed by atoms with E-state index in [9.17, 15) is 0 Å². The highest BCUT2D eigenvalue weighted by molar-refractivity contribution is 6.74. The maximum atomic E-state index is 6.40. The van der Waals surface area contributed by atoms with Gasteiger partial charge in [0, 0.05) is 0 Å². The van der Waals surface area contributed by atoms with Gasteiger partial charge in [-0.05, 0) is 54.4 Å². The minimum atomic E-state index is -1.81. The van der Waals surface area contributed by atoms with Crippen LogP contribution in [-0.2, 0) is 6.61 Å². The first kappa shape index (κ1) is 17.6. The summed E-state index contributed by atoms with van der Waals surface area (Å²) in [7, 11) is -1.81. The Balaban J connectivity index is 2.06. The molecule has 0 saturated heterocycles. The van der Waals surface area contributed by atoms with Gasteiger partial charge in [0.25, 0.3) is 0 Å². The second-order valence-electron chi connectivity index (χ2n) is 7.56. The lowest BCUT2D eigenvalue weighted by Crippen LogP contribution is -2.44. The van der Waals surface area contributed by atoms with Gasteiger partial charge in [-0.1, -0.05) is 51.1 Å². The van der Waals surface area contributed by atoms with E-state index >= 15 is 0 Å². The average molecular weight is 329 g/mol. The van der Waals surface area contributed by atoms with Gasteiger partial charge in [-0.25, -0.2) is 0 Å². The molecule has 0 heterocycles. The van der Waals surface area contributed by atoms with Crippen LogP contribution in [0.25, 0.3) is 0 Å². The topological polar surface area (TPSA) is 18.5 Å². The molecule has 2 rings (SSSR count). The Bertz CT molecular complexity index is 642. The number of hydrogen-bond acceptors (Lipinski definition) is 2. The molecule has 0 bridgehead atoms. The van der Waals surface area contributed by atoms with Crippen molar-refractivity contribution in [3.8, 4) is 11.5 Å². The fraction of sp³-hybridized carbons (Fsp3) is 0.400. The Hall–Kier alpha value is -1.74. The van der Waals surface area contributed by atoms with Crippen LogP contribution >= 0.6 is 0 Å². The zero-order chi connectivity index (χ0) is 17.1. The molecular weight excluding hydrogens is 300 g/mol. The summed E-state index contributed by atoms with van der Waals surface area (Å²) in [5, 5.41) is 0.196. The third-order valence-corrected chi connectivity index (χ3v) is 8.91. The van der Waals surface area contributed by atoms with Crippen LogP contribution in [0, 0.1) is 6.92 Å². The van der Waals surface area contributed by atoms with Gasteiger partial charge < -0.3 is 9.16 Å². The Morgan fingerprint density at radius 2 is 1.61 bits per heavy atom. The highest BCUT2D eigenvalue weighted by Gasteiger charge is 2.39. The van der Waals surface area contributed by atoms with Crippen LogP contribution in [0.5, 0.6) is 11.5 Å². The molecule has 0 aliphatic heterocycles.